The van der Waals surface area contributed by atoms with Crippen LogP contribution in [0.2, 0.25) is 0 Å². The second-order valence-corrected chi connectivity index (χ2v) is 7.02. The van der Waals surface area contributed by atoms with Crippen LogP contribution in [0, 0.1) is 11.3 Å². The van der Waals surface area contributed by atoms with Gasteiger partial charge in [-0.15, -0.1) is 0 Å². The van der Waals surface area contributed by atoms with Gasteiger partial charge in [-0.3, -0.25) is 4.79 Å². The molecule has 0 aromatic rings. The zero-order valence-electron chi connectivity index (χ0n) is 13.4. The van der Waals surface area contributed by atoms with E-state index in [4.69, 9.17) is 0 Å². The Morgan fingerprint density at radius 3 is 2.26 bits per heavy atom. The molecule has 0 saturated heterocycles. The summed E-state index contributed by atoms with van der Waals surface area (Å²) in [7, 11) is 0. The third-order valence-electron chi connectivity index (χ3n) is 2.92. The van der Waals surface area contributed by atoms with Crippen molar-refractivity contribution in [3.8, 4) is 0 Å². The predicted molar refractivity (Wildman–Crippen MR) is 80.0 cm³/mol. The van der Waals surface area contributed by atoms with Gasteiger partial charge in [-0.25, -0.2) is 0 Å². The minimum Gasteiger partial charge on any atom is -0.392 e. The van der Waals surface area contributed by atoms with Crippen LogP contribution < -0.4 is 10.6 Å². The summed E-state index contributed by atoms with van der Waals surface area (Å²) in [5.41, 5.74) is 0.101. The van der Waals surface area contributed by atoms with E-state index < -0.39 is 6.10 Å². The van der Waals surface area contributed by atoms with Crippen LogP contribution in [-0.4, -0.2) is 36.2 Å². The number of carbonyl (C=O) groups excluding carboxylic acids is 1. The van der Waals surface area contributed by atoms with E-state index in [0.29, 0.717) is 19.0 Å². The topological polar surface area (TPSA) is 61.4 Å². The van der Waals surface area contributed by atoms with Crippen molar-refractivity contribution in [2.24, 2.45) is 11.3 Å². The third kappa shape index (κ3) is 11.0. The first kappa shape index (κ1) is 18.4. The summed E-state index contributed by atoms with van der Waals surface area (Å²) in [6.45, 7) is 13.6. The fourth-order valence-corrected chi connectivity index (χ4v) is 1.82. The maximum Gasteiger partial charge on any atom is 0.236 e. The summed E-state index contributed by atoms with van der Waals surface area (Å²) in [5, 5.41) is 15.9. The average Bonchev–Trinajstić information content (AvgIpc) is 2.22. The van der Waals surface area contributed by atoms with Crippen LogP contribution in [0.3, 0.4) is 0 Å². The fourth-order valence-electron chi connectivity index (χ4n) is 1.82. The largest absolute Gasteiger partial charge is 0.392 e. The number of amides is 1. The highest BCUT2D eigenvalue weighted by Gasteiger charge is 2.18. The van der Waals surface area contributed by atoms with Gasteiger partial charge in [0, 0.05) is 13.1 Å². The molecule has 0 aliphatic rings. The van der Waals surface area contributed by atoms with Crippen LogP contribution in [0.4, 0.5) is 0 Å². The molecule has 0 radical (unpaired) electrons. The molecule has 0 spiro atoms. The lowest BCUT2D eigenvalue weighted by Crippen LogP contribution is -2.45. The van der Waals surface area contributed by atoms with Crippen molar-refractivity contribution in [2.75, 3.05) is 13.1 Å². The van der Waals surface area contributed by atoms with Crippen molar-refractivity contribution in [2.45, 2.75) is 66.5 Å². The summed E-state index contributed by atoms with van der Waals surface area (Å²) < 4.78 is 0. The van der Waals surface area contributed by atoms with Gasteiger partial charge in [0.25, 0.3) is 0 Å². The van der Waals surface area contributed by atoms with Crippen LogP contribution in [0.25, 0.3) is 0 Å². The first-order valence-electron chi connectivity index (χ1n) is 7.31. The molecule has 0 aromatic carbocycles. The van der Waals surface area contributed by atoms with E-state index in [-0.39, 0.29) is 17.4 Å². The highest BCUT2D eigenvalue weighted by molar-refractivity contribution is 5.81. The van der Waals surface area contributed by atoms with E-state index in [1.165, 1.54) is 0 Å². The summed E-state index contributed by atoms with van der Waals surface area (Å²) in [6.07, 6.45) is 1.30. The van der Waals surface area contributed by atoms with Crippen LogP contribution in [0.5, 0.6) is 0 Å². The molecule has 0 rings (SSSR count). The van der Waals surface area contributed by atoms with Gasteiger partial charge in [0.1, 0.15) is 0 Å². The minimum atomic E-state index is -0.411. The Balaban J connectivity index is 3.84. The Hall–Kier alpha value is -0.610. The van der Waals surface area contributed by atoms with Crippen molar-refractivity contribution >= 4 is 5.91 Å². The Kier molecular flexibility index (Phi) is 8.26. The normalized spacial score (nSPS) is 15.4. The highest BCUT2D eigenvalue weighted by Crippen LogP contribution is 2.20. The van der Waals surface area contributed by atoms with E-state index in [2.05, 4.69) is 45.3 Å². The molecule has 4 nitrogen and oxygen atoms in total. The fraction of sp³-hybridized carbons (Fsp3) is 0.933. The van der Waals surface area contributed by atoms with E-state index >= 15 is 0 Å². The SMILES string of the molecule is CC(C)CCNC(=O)C(C)NCC(O)CC(C)(C)C. The van der Waals surface area contributed by atoms with E-state index in [9.17, 15) is 9.90 Å². The van der Waals surface area contributed by atoms with Gasteiger partial charge >= 0.3 is 0 Å². The molecule has 0 aliphatic carbocycles. The monoisotopic (exact) mass is 272 g/mol. The van der Waals surface area contributed by atoms with Crippen LogP contribution in [0.1, 0.15) is 54.4 Å². The Bertz CT molecular complexity index is 259. The molecule has 3 N–H and O–H groups in total. The smallest absolute Gasteiger partial charge is 0.236 e. The lowest BCUT2D eigenvalue weighted by Gasteiger charge is -2.23. The van der Waals surface area contributed by atoms with Gasteiger partial charge in [0.15, 0.2) is 0 Å². The molecule has 2 unspecified atom stereocenters. The predicted octanol–water partition coefficient (Wildman–Crippen LogP) is 1.92. The molecule has 19 heavy (non-hydrogen) atoms. The Morgan fingerprint density at radius 2 is 1.79 bits per heavy atom. The second kappa shape index (κ2) is 8.54. The number of hydrogen-bond donors (Lipinski definition) is 3. The van der Waals surface area contributed by atoms with Gasteiger partial charge in [-0.2, -0.15) is 0 Å². The molecule has 0 aliphatic heterocycles. The number of nitrogens with one attached hydrogen (secondary N) is 2. The van der Waals surface area contributed by atoms with Crippen molar-refractivity contribution in [1.29, 1.82) is 0 Å². The molecule has 0 heterocycles. The number of rotatable bonds is 8. The second-order valence-electron chi connectivity index (χ2n) is 7.02. The zero-order chi connectivity index (χ0) is 15.1. The van der Waals surface area contributed by atoms with Crippen molar-refractivity contribution in [3.63, 3.8) is 0 Å². The summed E-state index contributed by atoms with van der Waals surface area (Å²) in [5.74, 6) is 0.598. The summed E-state index contributed by atoms with van der Waals surface area (Å²) in [6, 6.07) is -0.262. The highest BCUT2D eigenvalue weighted by atomic mass is 16.3. The number of aliphatic hydroxyl groups excluding tert-OH is 1. The average molecular weight is 272 g/mol. The van der Waals surface area contributed by atoms with Crippen molar-refractivity contribution in [1.82, 2.24) is 10.6 Å². The van der Waals surface area contributed by atoms with Crippen molar-refractivity contribution < 1.29 is 9.90 Å². The summed E-state index contributed by atoms with van der Waals surface area (Å²) >= 11 is 0. The van der Waals surface area contributed by atoms with E-state index in [0.717, 1.165) is 12.8 Å². The summed E-state index contributed by atoms with van der Waals surface area (Å²) in [4.78, 5) is 11.8. The van der Waals surface area contributed by atoms with E-state index in [1.54, 1.807) is 0 Å². The van der Waals surface area contributed by atoms with Crippen LogP contribution in [0.15, 0.2) is 0 Å². The van der Waals surface area contributed by atoms with Crippen molar-refractivity contribution in [3.05, 3.63) is 0 Å². The molecular formula is C15H32N2O2. The van der Waals surface area contributed by atoms with Gasteiger partial charge in [0.05, 0.1) is 12.1 Å². The first-order valence-corrected chi connectivity index (χ1v) is 7.31. The minimum absolute atomic E-state index is 0.00334. The standard InChI is InChI=1S/C15H32N2O2/c1-11(2)7-8-16-14(19)12(3)17-10-13(18)9-15(4,5)6/h11-13,17-18H,7-10H2,1-6H3,(H,16,19). The number of carbonyl (C=O) groups is 1. The molecule has 0 saturated carbocycles. The lowest BCUT2D eigenvalue weighted by atomic mass is 9.89. The van der Waals surface area contributed by atoms with E-state index in [1.807, 2.05) is 6.92 Å². The molecule has 0 aromatic heterocycles. The first-order chi connectivity index (χ1) is 8.61. The van der Waals surface area contributed by atoms with Gasteiger partial charge in [-0.05, 0) is 31.1 Å². The molecule has 114 valence electrons. The van der Waals surface area contributed by atoms with Crippen LogP contribution >= 0.6 is 0 Å². The maximum absolute atomic E-state index is 11.8. The molecule has 2 atom stereocenters. The molecular weight excluding hydrogens is 240 g/mol. The van der Waals surface area contributed by atoms with Gasteiger partial charge in [0.2, 0.25) is 5.91 Å². The molecule has 0 bridgehead atoms. The van der Waals surface area contributed by atoms with Gasteiger partial charge in [-0.1, -0.05) is 34.6 Å². The Labute approximate surface area is 118 Å². The van der Waals surface area contributed by atoms with Gasteiger partial charge < -0.3 is 15.7 Å². The molecule has 4 heteroatoms. The van der Waals surface area contributed by atoms with Crippen LogP contribution in [-0.2, 0) is 4.79 Å². The Morgan fingerprint density at radius 1 is 1.21 bits per heavy atom. The lowest BCUT2D eigenvalue weighted by molar-refractivity contribution is -0.122. The quantitative estimate of drug-likeness (QED) is 0.632. The zero-order valence-corrected chi connectivity index (χ0v) is 13.4. The number of aliphatic hydroxyl groups is 1. The molecule has 1 amide bonds. The maximum atomic E-state index is 11.8. The molecule has 0 fully saturated rings. The number of hydrogen-bond acceptors (Lipinski definition) is 3. The third-order valence-corrected chi connectivity index (χ3v) is 2.92.